The molecule has 1 aromatic heterocycles. The predicted molar refractivity (Wildman–Crippen MR) is 144 cm³/mol. The van der Waals surface area contributed by atoms with Crippen LogP contribution in [-0.4, -0.2) is 18.2 Å². The zero-order valence-electron chi connectivity index (χ0n) is 21.5. The lowest BCUT2D eigenvalue weighted by molar-refractivity contribution is 0.270. The number of unbranched alkanes of at least 4 members (excludes halogenated alkanes) is 1. The third-order valence-electron chi connectivity index (χ3n) is 5.25. The summed E-state index contributed by atoms with van der Waals surface area (Å²) in [5.74, 6) is 0. The van der Waals surface area contributed by atoms with Crippen LogP contribution in [0.25, 0.3) is 22.2 Å². The van der Waals surface area contributed by atoms with Crippen molar-refractivity contribution < 1.29 is 4.74 Å². The smallest absolute Gasteiger partial charge is 0.102 e. The summed E-state index contributed by atoms with van der Waals surface area (Å²) < 4.78 is 6.91. The molecule has 1 heterocycles. The van der Waals surface area contributed by atoms with Gasteiger partial charge in [-0.2, -0.15) is 5.26 Å². The Balaban J connectivity index is 0.000000689. The first kappa shape index (κ1) is 27.8. The highest BCUT2D eigenvalue weighted by molar-refractivity contribution is 5.95. The van der Waals surface area contributed by atoms with E-state index in [0.717, 1.165) is 46.4 Å². The highest BCUT2D eigenvalue weighted by Crippen LogP contribution is 2.37. The van der Waals surface area contributed by atoms with Crippen molar-refractivity contribution in [1.29, 1.82) is 5.26 Å². The van der Waals surface area contributed by atoms with Gasteiger partial charge in [-0.25, -0.2) is 0 Å². The minimum absolute atomic E-state index is 0.278. The molecule has 1 N–H and O–H groups in total. The third kappa shape index (κ3) is 7.15. The molecule has 178 valence electrons. The van der Waals surface area contributed by atoms with Crippen LogP contribution in [-0.2, 0) is 11.2 Å². The molecule has 0 radical (unpaired) electrons. The van der Waals surface area contributed by atoms with E-state index in [0.29, 0.717) is 0 Å². The van der Waals surface area contributed by atoms with E-state index in [9.17, 15) is 5.26 Å². The van der Waals surface area contributed by atoms with E-state index < -0.39 is 0 Å². The Hall–Kier alpha value is -3.19. The number of nitrogens with zero attached hydrogens (tertiary/aromatic N) is 2. The Bertz CT molecular complexity index is 1020. The average molecular weight is 448 g/mol. The molecule has 0 atom stereocenters. The van der Waals surface area contributed by atoms with E-state index in [1.165, 1.54) is 24.7 Å². The highest BCUT2D eigenvalue weighted by Gasteiger charge is 2.20. The first-order valence-corrected chi connectivity index (χ1v) is 12.1. The van der Waals surface area contributed by atoms with Gasteiger partial charge < -0.3 is 14.6 Å². The number of rotatable bonds is 8. The molecule has 0 aliphatic rings. The van der Waals surface area contributed by atoms with Crippen LogP contribution in [0.15, 0.2) is 55.3 Å². The van der Waals surface area contributed by atoms with Crippen LogP contribution >= 0.6 is 0 Å². The summed E-state index contributed by atoms with van der Waals surface area (Å²) in [4.78, 5) is 0. The van der Waals surface area contributed by atoms with Crippen LogP contribution in [0.1, 0.15) is 71.6 Å². The zero-order valence-corrected chi connectivity index (χ0v) is 21.5. The number of nitrogens with one attached hydrogen (secondary N) is 1. The number of hydrogen-bond acceptors (Lipinski definition) is 3. The van der Waals surface area contributed by atoms with E-state index in [-0.39, 0.29) is 6.04 Å². The summed E-state index contributed by atoms with van der Waals surface area (Å²) in [5.41, 5.74) is 6.46. The second-order valence-corrected chi connectivity index (χ2v) is 7.70. The van der Waals surface area contributed by atoms with Crippen molar-refractivity contribution in [2.24, 2.45) is 0 Å². The summed E-state index contributed by atoms with van der Waals surface area (Å²) in [5, 5.41) is 14.1. The second kappa shape index (κ2) is 14.8. The number of benzene rings is 2. The Morgan fingerprint density at radius 3 is 2.24 bits per heavy atom. The summed E-state index contributed by atoms with van der Waals surface area (Å²) in [6, 6.07) is 17.6. The molecule has 3 rings (SSSR count). The molecule has 0 saturated carbocycles. The number of aromatic nitrogens is 1. The van der Waals surface area contributed by atoms with Crippen molar-refractivity contribution in [3.8, 4) is 17.3 Å². The van der Waals surface area contributed by atoms with Crippen LogP contribution in [0.2, 0.25) is 0 Å². The molecule has 0 bridgehead atoms. The molecule has 0 saturated heterocycles. The summed E-state index contributed by atoms with van der Waals surface area (Å²) in [6.07, 6.45) is 4.90. The van der Waals surface area contributed by atoms with Crippen molar-refractivity contribution in [3.05, 3.63) is 66.4 Å². The average Bonchev–Trinajstić information content (AvgIpc) is 3.18. The van der Waals surface area contributed by atoms with Gasteiger partial charge in [0.25, 0.3) is 0 Å². The molecular formula is C29H41N3O. The van der Waals surface area contributed by atoms with Gasteiger partial charge in [0.2, 0.25) is 0 Å². The van der Waals surface area contributed by atoms with Crippen LogP contribution in [0.3, 0.4) is 0 Å². The summed E-state index contributed by atoms with van der Waals surface area (Å²) in [7, 11) is 1.92. The number of nitriles is 1. The van der Waals surface area contributed by atoms with E-state index in [1.807, 2.05) is 27.8 Å². The second-order valence-electron chi connectivity index (χ2n) is 7.70. The number of aryl methyl sites for hydroxylation is 1. The SMILES string of the molecule is C=COCC.CC.CCCCc1ccc2c(C#N)c(-c3ccc(NC)cc3)n(C(C)C)c2c1. The van der Waals surface area contributed by atoms with Gasteiger partial charge in [-0.05, 0) is 62.9 Å². The Labute approximate surface area is 200 Å². The first-order chi connectivity index (χ1) is 16.0. The molecule has 0 amide bonds. The maximum Gasteiger partial charge on any atom is 0.102 e. The van der Waals surface area contributed by atoms with Gasteiger partial charge in [0, 0.05) is 24.2 Å². The minimum Gasteiger partial charge on any atom is -0.502 e. The predicted octanol–water partition coefficient (Wildman–Crippen LogP) is 8.34. The van der Waals surface area contributed by atoms with Gasteiger partial charge >= 0.3 is 0 Å². The van der Waals surface area contributed by atoms with Crippen LogP contribution in [0, 0.1) is 11.3 Å². The maximum absolute atomic E-state index is 9.91. The van der Waals surface area contributed by atoms with Crippen molar-refractivity contribution >= 4 is 16.6 Å². The number of ether oxygens (including phenoxy) is 1. The van der Waals surface area contributed by atoms with Gasteiger partial charge in [0.1, 0.15) is 6.07 Å². The molecule has 4 nitrogen and oxygen atoms in total. The fourth-order valence-corrected chi connectivity index (χ4v) is 3.74. The monoisotopic (exact) mass is 447 g/mol. The van der Waals surface area contributed by atoms with Gasteiger partial charge in [-0.3, -0.25) is 0 Å². The molecule has 0 aliphatic heterocycles. The summed E-state index contributed by atoms with van der Waals surface area (Å²) in [6.45, 7) is 16.6. The van der Waals surface area contributed by atoms with E-state index >= 15 is 0 Å². The molecule has 0 unspecified atom stereocenters. The fraction of sp³-hybridized carbons (Fsp3) is 0.414. The fourth-order valence-electron chi connectivity index (χ4n) is 3.74. The molecule has 4 heteroatoms. The Morgan fingerprint density at radius 1 is 1.12 bits per heavy atom. The lowest BCUT2D eigenvalue weighted by Gasteiger charge is -2.16. The van der Waals surface area contributed by atoms with Crippen molar-refractivity contribution in [2.75, 3.05) is 19.0 Å². The third-order valence-corrected chi connectivity index (χ3v) is 5.25. The number of fused-ring (bicyclic) bond motifs is 1. The standard InChI is InChI=1S/C23H27N3.C4H8O.C2H6/c1-5-6-7-17-8-13-20-21(15-24)23(26(16(2)3)22(20)14-17)18-9-11-19(25-4)12-10-18;1-3-5-4-2;1-2/h8-14,16,25H,5-7H2,1-4H3;3H,1,4H2,2H3;1-2H3. The normalized spacial score (nSPS) is 9.91. The van der Waals surface area contributed by atoms with Gasteiger partial charge in [0.15, 0.2) is 0 Å². The van der Waals surface area contributed by atoms with Gasteiger partial charge in [0.05, 0.1) is 29.6 Å². The van der Waals surface area contributed by atoms with Crippen molar-refractivity contribution in [1.82, 2.24) is 4.57 Å². The minimum atomic E-state index is 0.278. The quantitative estimate of drug-likeness (QED) is 0.353. The largest absolute Gasteiger partial charge is 0.502 e. The van der Waals surface area contributed by atoms with E-state index in [4.69, 9.17) is 0 Å². The molecular weight excluding hydrogens is 406 g/mol. The number of anilines is 1. The van der Waals surface area contributed by atoms with Crippen LogP contribution in [0.4, 0.5) is 5.69 Å². The Morgan fingerprint density at radius 2 is 1.79 bits per heavy atom. The molecule has 0 aliphatic carbocycles. The van der Waals surface area contributed by atoms with E-state index in [1.54, 1.807) is 0 Å². The van der Waals surface area contributed by atoms with Crippen LogP contribution in [0.5, 0.6) is 0 Å². The van der Waals surface area contributed by atoms with Crippen molar-refractivity contribution in [2.45, 2.75) is 66.8 Å². The van der Waals surface area contributed by atoms with Gasteiger partial charge in [-0.1, -0.05) is 58.0 Å². The molecule has 0 spiro atoms. The molecule has 2 aromatic carbocycles. The number of hydrogen-bond donors (Lipinski definition) is 1. The highest BCUT2D eigenvalue weighted by atomic mass is 16.5. The van der Waals surface area contributed by atoms with Crippen molar-refractivity contribution in [3.63, 3.8) is 0 Å². The zero-order chi connectivity index (χ0) is 24.8. The molecule has 3 aromatic rings. The lowest BCUT2D eigenvalue weighted by Crippen LogP contribution is -2.03. The lowest BCUT2D eigenvalue weighted by atomic mass is 10.0. The Kier molecular flexibility index (Phi) is 12.5. The topological polar surface area (TPSA) is 50.0 Å². The van der Waals surface area contributed by atoms with Gasteiger partial charge in [-0.15, -0.1) is 0 Å². The first-order valence-electron chi connectivity index (χ1n) is 12.1. The van der Waals surface area contributed by atoms with Crippen LogP contribution < -0.4 is 5.32 Å². The molecule has 33 heavy (non-hydrogen) atoms. The molecule has 0 fully saturated rings. The summed E-state index contributed by atoms with van der Waals surface area (Å²) >= 11 is 0. The maximum atomic E-state index is 9.91. The van der Waals surface area contributed by atoms with E-state index in [2.05, 4.69) is 90.5 Å².